The molecule has 4 N–H and O–H groups in total. The standard InChI is InChI=1S/C13H23ClN2O4/c1-8(13(19)20)7-11(17)9(2)16-12(18)10(14)5-3-4-6-15/h8-10H,3-7,15H2,1-2H3,(H,16,18)(H,19,20)/t8-,9+,10+/m1/s1. The Labute approximate surface area is 124 Å². The second-order valence-corrected chi connectivity index (χ2v) is 5.42. The molecule has 0 saturated carbocycles. The third-order valence-corrected chi connectivity index (χ3v) is 3.38. The summed E-state index contributed by atoms with van der Waals surface area (Å²) in [6, 6.07) is -0.736. The minimum Gasteiger partial charge on any atom is -0.481 e. The molecule has 0 fully saturated rings. The molecule has 0 spiro atoms. The predicted octanol–water partition coefficient (Wildman–Crippen LogP) is 0.907. The maximum Gasteiger partial charge on any atom is 0.306 e. The Bertz CT molecular complexity index is 349. The van der Waals surface area contributed by atoms with E-state index in [9.17, 15) is 14.4 Å². The summed E-state index contributed by atoms with van der Waals surface area (Å²) in [6.45, 7) is 3.53. The van der Waals surface area contributed by atoms with Gasteiger partial charge in [-0.25, -0.2) is 0 Å². The van der Waals surface area contributed by atoms with Crippen LogP contribution < -0.4 is 11.1 Å². The number of halogens is 1. The highest BCUT2D eigenvalue weighted by Crippen LogP contribution is 2.09. The summed E-state index contributed by atoms with van der Waals surface area (Å²) < 4.78 is 0. The zero-order valence-corrected chi connectivity index (χ0v) is 12.7. The quantitative estimate of drug-likeness (QED) is 0.410. The molecule has 116 valence electrons. The van der Waals surface area contributed by atoms with Crippen LogP contribution in [0.2, 0.25) is 0 Å². The maximum absolute atomic E-state index is 11.7. The molecule has 1 amide bonds. The first kappa shape index (κ1) is 18.9. The molecule has 0 aromatic carbocycles. The number of carbonyl (C=O) groups excluding carboxylic acids is 2. The van der Waals surface area contributed by atoms with Gasteiger partial charge in [-0.2, -0.15) is 0 Å². The number of nitrogens with two attached hydrogens (primary N) is 1. The van der Waals surface area contributed by atoms with Crippen LogP contribution in [-0.4, -0.2) is 40.7 Å². The van der Waals surface area contributed by atoms with E-state index in [0.29, 0.717) is 13.0 Å². The van der Waals surface area contributed by atoms with Crippen LogP contribution in [0.3, 0.4) is 0 Å². The lowest BCUT2D eigenvalue weighted by molar-refractivity contribution is -0.143. The Balaban J connectivity index is 4.17. The molecule has 7 heteroatoms. The third-order valence-electron chi connectivity index (χ3n) is 2.97. The molecule has 0 heterocycles. The summed E-state index contributed by atoms with van der Waals surface area (Å²) >= 11 is 5.91. The van der Waals surface area contributed by atoms with Crippen molar-refractivity contribution in [3.63, 3.8) is 0 Å². The Hall–Kier alpha value is -1.14. The molecule has 0 aliphatic rings. The summed E-state index contributed by atoms with van der Waals surface area (Å²) in [4.78, 5) is 34.1. The summed E-state index contributed by atoms with van der Waals surface area (Å²) in [7, 11) is 0. The van der Waals surface area contributed by atoms with Crippen molar-refractivity contribution in [2.24, 2.45) is 11.7 Å². The van der Waals surface area contributed by atoms with Gasteiger partial charge in [-0.15, -0.1) is 11.6 Å². The topological polar surface area (TPSA) is 109 Å². The number of hydrogen-bond acceptors (Lipinski definition) is 4. The number of nitrogens with one attached hydrogen (secondary N) is 1. The summed E-state index contributed by atoms with van der Waals surface area (Å²) in [5.74, 6) is -2.53. The lowest BCUT2D eigenvalue weighted by Crippen LogP contribution is -2.43. The number of rotatable bonds is 10. The Morgan fingerprint density at radius 2 is 1.85 bits per heavy atom. The maximum atomic E-state index is 11.7. The first-order valence-electron chi connectivity index (χ1n) is 6.69. The van der Waals surface area contributed by atoms with Crippen molar-refractivity contribution in [3.05, 3.63) is 0 Å². The van der Waals surface area contributed by atoms with Gasteiger partial charge < -0.3 is 16.2 Å². The molecular formula is C13H23ClN2O4. The van der Waals surface area contributed by atoms with Crippen LogP contribution in [0.4, 0.5) is 0 Å². The fourth-order valence-electron chi connectivity index (χ4n) is 1.55. The van der Waals surface area contributed by atoms with E-state index in [1.807, 2.05) is 0 Å². The van der Waals surface area contributed by atoms with E-state index in [4.69, 9.17) is 22.4 Å². The SMILES string of the molecule is C[C@H](CC(=O)[C@H](C)NC(=O)[C@@H](Cl)CCCCN)C(=O)O. The smallest absolute Gasteiger partial charge is 0.306 e. The molecule has 0 aromatic rings. The third kappa shape index (κ3) is 7.45. The molecule has 0 bridgehead atoms. The van der Waals surface area contributed by atoms with Crippen molar-refractivity contribution in [2.45, 2.75) is 50.9 Å². The van der Waals surface area contributed by atoms with Crippen molar-refractivity contribution in [2.75, 3.05) is 6.54 Å². The van der Waals surface area contributed by atoms with Crippen molar-refractivity contribution in [1.29, 1.82) is 0 Å². The Morgan fingerprint density at radius 1 is 1.25 bits per heavy atom. The number of ketones is 1. The van der Waals surface area contributed by atoms with Gasteiger partial charge in [0.25, 0.3) is 0 Å². The summed E-state index contributed by atoms with van der Waals surface area (Å²) in [6.07, 6.45) is 1.92. The second-order valence-electron chi connectivity index (χ2n) is 4.89. The molecule has 0 saturated heterocycles. The molecule has 0 radical (unpaired) electrons. The highest BCUT2D eigenvalue weighted by Gasteiger charge is 2.23. The zero-order valence-electron chi connectivity index (χ0n) is 11.9. The largest absolute Gasteiger partial charge is 0.481 e. The van der Waals surface area contributed by atoms with Crippen LogP contribution in [0.15, 0.2) is 0 Å². The average Bonchev–Trinajstić information content (AvgIpc) is 2.38. The minimum atomic E-state index is -1.03. The molecule has 0 aliphatic carbocycles. The predicted molar refractivity (Wildman–Crippen MR) is 76.6 cm³/mol. The normalized spacial score (nSPS) is 15.2. The number of alkyl halides is 1. The molecule has 0 rings (SSSR count). The minimum absolute atomic E-state index is 0.114. The van der Waals surface area contributed by atoms with Crippen molar-refractivity contribution >= 4 is 29.3 Å². The molecule has 0 unspecified atom stereocenters. The summed E-state index contributed by atoms with van der Waals surface area (Å²) in [5.41, 5.74) is 5.35. The molecule has 3 atom stereocenters. The van der Waals surface area contributed by atoms with Gasteiger partial charge >= 0.3 is 5.97 Å². The average molecular weight is 307 g/mol. The lowest BCUT2D eigenvalue weighted by atomic mass is 10.0. The monoisotopic (exact) mass is 306 g/mol. The molecule has 6 nitrogen and oxygen atoms in total. The van der Waals surface area contributed by atoms with Crippen LogP contribution in [0, 0.1) is 5.92 Å². The van der Waals surface area contributed by atoms with Crippen molar-refractivity contribution in [3.8, 4) is 0 Å². The number of hydrogen-bond donors (Lipinski definition) is 3. The van der Waals surface area contributed by atoms with E-state index in [1.165, 1.54) is 13.8 Å². The number of amides is 1. The van der Waals surface area contributed by atoms with Gasteiger partial charge in [0.2, 0.25) is 5.91 Å². The van der Waals surface area contributed by atoms with Gasteiger partial charge in [-0.3, -0.25) is 14.4 Å². The second kappa shape index (κ2) is 9.72. The molecular weight excluding hydrogens is 284 g/mol. The van der Waals surface area contributed by atoms with Gasteiger partial charge in [-0.05, 0) is 26.3 Å². The van der Waals surface area contributed by atoms with Gasteiger partial charge in [0.15, 0.2) is 5.78 Å². The van der Waals surface area contributed by atoms with Crippen LogP contribution >= 0.6 is 11.6 Å². The van der Waals surface area contributed by atoms with E-state index in [1.54, 1.807) is 0 Å². The van der Waals surface area contributed by atoms with Crippen LogP contribution in [-0.2, 0) is 14.4 Å². The van der Waals surface area contributed by atoms with Gasteiger partial charge in [0, 0.05) is 6.42 Å². The fourth-order valence-corrected chi connectivity index (χ4v) is 1.77. The first-order chi connectivity index (χ1) is 9.29. The first-order valence-corrected chi connectivity index (χ1v) is 7.13. The van der Waals surface area contributed by atoms with Crippen molar-refractivity contribution < 1.29 is 19.5 Å². The number of aliphatic carboxylic acids is 1. The fraction of sp³-hybridized carbons (Fsp3) is 0.769. The summed E-state index contributed by atoms with van der Waals surface area (Å²) in [5, 5.41) is 10.5. The number of Topliss-reactive ketones (excluding diaryl/α,β-unsaturated/α-hetero) is 1. The van der Waals surface area contributed by atoms with Gasteiger partial charge in [0.05, 0.1) is 12.0 Å². The van der Waals surface area contributed by atoms with E-state index >= 15 is 0 Å². The number of carboxylic acid groups (broad SMARTS) is 1. The van der Waals surface area contributed by atoms with Crippen LogP contribution in [0.25, 0.3) is 0 Å². The van der Waals surface area contributed by atoms with Gasteiger partial charge in [0.1, 0.15) is 5.38 Å². The number of carbonyl (C=O) groups is 3. The van der Waals surface area contributed by atoms with E-state index in [-0.39, 0.29) is 12.2 Å². The van der Waals surface area contributed by atoms with E-state index in [2.05, 4.69) is 5.32 Å². The van der Waals surface area contributed by atoms with Gasteiger partial charge in [-0.1, -0.05) is 13.3 Å². The zero-order chi connectivity index (χ0) is 15.7. The number of carboxylic acids is 1. The van der Waals surface area contributed by atoms with E-state index in [0.717, 1.165) is 12.8 Å². The lowest BCUT2D eigenvalue weighted by Gasteiger charge is -2.16. The highest BCUT2D eigenvalue weighted by molar-refractivity contribution is 6.30. The van der Waals surface area contributed by atoms with Crippen LogP contribution in [0.5, 0.6) is 0 Å². The Morgan fingerprint density at radius 3 is 2.35 bits per heavy atom. The molecule has 0 aliphatic heterocycles. The van der Waals surface area contributed by atoms with Crippen LogP contribution in [0.1, 0.15) is 39.5 Å². The molecule has 0 aromatic heterocycles. The Kier molecular flexibility index (Phi) is 9.16. The van der Waals surface area contributed by atoms with Crippen molar-refractivity contribution in [1.82, 2.24) is 5.32 Å². The van der Waals surface area contributed by atoms with E-state index < -0.39 is 29.2 Å². The number of unbranched alkanes of at least 4 members (excludes halogenated alkanes) is 1. The molecule has 20 heavy (non-hydrogen) atoms. The highest BCUT2D eigenvalue weighted by atomic mass is 35.5.